The van der Waals surface area contributed by atoms with E-state index in [9.17, 15) is 19.2 Å². The van der Waals surface area contributed by atoms with Gasteiger partial charge in [0.2, 0.25) is 0 Å². The Labute approximate surface area is 228 Å². The van der Waals surface area contributed by atoms with E-state index in [2.05, 4.69) is 0 Å². The van der Waals surface area contributed by atoms with E-state index >= 15 is 0 Å². The van der Waals surface area contributed by atoms with Crippen LogP contribution in [0.5, 0.6) is 0 Å². The molecule has 0 aliphatic rings. The highest BCUT2D eigenvalue weighted by atomic mass is 16.6. The minimum atomic E-state index is -1.04. The van der Waals surface area contributed by atoms with E-state index < -0.39 is 17.4 Å². The molecule has 2 rings (SSSR count). The molecule has 2 aromatic rings. The molecular formula is C29H36O10. The van der Waals surface area contributed by atoms with Crippen molar-refractivity contribution < 1.29 is 47.6 Å². The van der Waals surface area contributed by atoms with E-state index in [0.29, 0.717) is 0 Å². The standard InChI is InChI=1S/C29H36O10/c1-23(30)13-34-19-29(20-35-14-24(2)31,21-36-17-27(32)38-15-25-9-5-3-6-10-25)22-37-18-28(33)39-16-26-11-7-4-8-12-26/h3-12H,13-22H2,1-2H3. The summed E-state index contributed by atoms with van der Waals surface area (Å²) >= 11 is 0. The van der Waals surface area contributed by atoms with Crippen LogP contribution in [-0.4, -0.2) is 76.4 Å². The second-order valence-electron chi connectivity index (χ2n) is 9.17. The molecule has 0 heterocycles. The first-order valence-corrected chi connectivity index (χ1v) is 12.5. The number of carbonyl (C=O) groups is 4. The molecule has 10 heteroatoms. The SMILES string of the molecule is CC(=O)COCC(COCC(C)=O)(COCC(=O)OCc1ccccc1)COCC(=O)OCc1ccccc1. The molecule has 0 atom stereocenters. The maximum absolute atomic E-state index is 12.2. The van der Waals surface area contributed by atoms with Crippen LogP contribution < -0.4 is 0 Å². The third kappa shape index (κ3) is 14.3. The summed E-state index contributed by atoms with van der Waals surface area (Å²) in [5, 5.41) is 0. The smallest absolute Gasteiger partial charge is 0.332 e. The number of carbonyl (C=O) groups excluding carboxylic acids is 4. The van der Waals surface area contributed by atoms with Gasteiger partial charge < -0.3 is 28.4 Å². The van der Waals surface area contributed by atoms with E-state index in [1.807, 2.05) is 60.7 Å². The Morgan fingerprint density at radius 3 is 1.21 bits per heavy atom. The molecule has 0 spiro atoms. The largest absolute Gasteiger partial charge is 0.459 e. The first-order valence-electron chi connectivity index (χ1n) is 12.5. The molecule has 212 valence electrons. The van der Waals surface area contributed by atoms with Gasteiger partial charge in [-0.2, -0.15) is 0 Å². The third-order valence-electron chi connectivity index (χ3n) is 5.17. The van der Waals surface area contributed by atoms with Crippen LogP contribution in [0.15, 0.2) is 60.7 Å². The monoisotopic (exact) mass is 544 g/mol. The first kappa shape index (κ1) is 31.8. The highest BCUT2D eigenvalue weighted by Gasteiger charge is 2.33. The Balaban J connectivity index is 1.95. The van der Waals surface area contributed by atoms with Crippen LogP contribution in [0.1, 0.15) is 25.0 Å². The fraction of sp³-hybridized carbons (Fsp3) is 0.448. The van der Waals surface area contributed by atoms with E-state index in [4.69, 9.17) is 28.4 Å². The van der Waals surface area contributed by atoms with Gasteiger partial charge in [-0.25, -0.2) is 9.59 Å². The molecule has 0 unspecified atom stereocenters. The lowest BCUT2D eigenvalue weighted by molar-refractivity contribution is -0.160. The van der Waals surface area contributed by atoms with Gasteiger partial charge in [-0.05, 0) is 25.0 Å². The molecule has 0 aliphatic carbocycles. The van der Waals surface area contributed by atoms with Crippen LogP contribution in [0.25, 0.3) is 0 Å². The maximum atomic E-state index is 12.2. The fourth-order valence-corrected chi connectivity index (χ4v) is 3.33. The van der Waals surface area contributed by atoms with Crippen LogP contribution in [0.3, 0.4) is 0 Å². The lowest BCUT2D eigenvalue weighted by atomic mass is 9.92. The van der Waals surface area contributed by atoms with Gasteiger partial charge in [0.05, 0.1) is 31.8 Å². The van der Waals surface area contributed by atoms with E-state index in [0.717, 1.165) is 11.1 Å². The number of ketones is 2. The van der Waals surface area contributed by atoms with Crippen LogP contribution in [-0.2, 0) is 60.8 Å². The Morgan fingerprint density at radius 1 is 0.538 bits per heavy atom. The van der Waals surface area contributed by atoms with Gasteiger partial charge in [-0.15, -0.1) is 0 Å². The lowest BCUT2D eigenvalue weighted by Crippen LogP contribution is -2.43. The third-order valence-corrected chi connectivity index (χ3v) is 5.17. The topological polar surface area (TPSA) is 124 Å². The zero-order valence-corrected chi connectivity index (χ0v) is 22.4. The number of benzene rings is 2. The van der Waals surface area contributed by atoms with Crippen molar-refractivity contribution in [3.05, 3.63) is 71.8 Å². The van der Waals surface area contributed by atoms with Gasteiger partial charge in [-0.1, -0.05) is 60.7 Å². The van der Waals surface area contributed by atoms with Crippen molar-refractivity contribution in [3.8, 4) is 0 Å². The highest BCUT2D eigenvalue weighted by Crippen LogP contribution is 2.21. The second kappa shape index (κ2) is 18.0. The van der Waals surface area contributed by atoms with Gasteiger partial charge in [0, 0.05) is 0 Å². The number of hydrogen-bond acceptors (Lipinski definition) is 10. The molecule has 2 aromatic carbocycles. The molecule has 0 radical (unpaired) electrons. The predicted octanol–water partition coefficient (Wildman–Crippen LogP) is 2.70. The minimum Gasteiger partial charge on any atom is -0.459 e. The molecule has 0 aromatic heterocycles. The van der Waals surface area contributed by atoms with Crippen molar-refractivity contribution in [1.82, 2.24) is 0 Å². The summed E-state index contributed by atoms with van der Waals surface area (Å²) in [4.78, 5) is 47.3. The second-order valence-corrected chi connectivity index (χ2v) is 9.17. The van der Waals surface area contributed by atoms with Crippen molar-refractivity contribution in [2.75, 3.05) is 52.9 Å². The van der Waals surface area contributed by atoms with E-state index in [1.165, 1.54) is 13.8 Å². The lowest BCUT2D eigenvalue weighted by Gasteiger charge is -2.32. The molecule has 0 bridgehead atoms. The molecule has 0 fully saturated rings. The van der Waals surface area contributed by atoms with Crippen LogP contribution >= 0.6 is 0 Å². The summed E-state index contributed by atoms with van der Waals surface area (Å²) in [5.74, 6) is -1.53. The van der Waals surface area contributed by atoms with Crippen LogP contribution in [0, 0.1) is 5.41 Å². The molecule has 0 saturated carbocycles. The van der Waals surface area contributed by atoms with E-state index in [-0.39, 0.29) is 77.6 Å². The number of rotatable bonds is 20. The normalized spacial score (nSPS) is 11.1. The zero-order valence-electron chi connectivity index (χ0n) is 22.4. The van der Waals surface area contributed by atoms with Gasteiger partial charge in [-0.3, -0.25) is 9.59 Å². The van der Waals surface area contributed by atoms with Crippen molar-refractivity contribution in [2.45, 2.75) is 27.1 Å². The Morgan fingerprint density at radius 2 is 0.872 bits per heavy atom. The minimum absolute atomic E-state index is 0.0530. The van der Waals surface area contributed by atoms with Gasteiger partial charge in [0.1, 0.15) is 39.6 Å². The zero-order chi connectivity index (χ0) is 28.3. The summed E-state index contributed by atoms with van der Waals surface area (Å²) in [7, 11) is 0. The molecular weight excluding hydrogens is 508 g/mol. The molecule has 0 saturated heterocycles. The summed E-state index contributed by atoms with van der Waals surface area (Å²) in [6.45, 7) is 1.64. The van der Waals surface area contributed by atoms with Crippen molar-refractivity contribution >= 4 is 23.5 Å². The molecule has 0 N–H and O–H groups in total. The van der Waals surface area contributed by atoms with E-state index in [1.54, 1.807) is 0 Å². The fourth-order valence-electron chi connectivity index (χ4n) is 3.33. The quantitative estimate of drug-likeness (QED) is 0.230. The highest BCUT2D eigenvalue weighted by molar-refractivity contribution is 5.77. The van der Waals surface area contributed by atoms with Crippen LogP contribution in [0.2, 0.25) is 0 Å². The summed E-state index contributed by atoms with van der Waals surface area (Å²) < 4.78 is 32.8. The molecule has 39 heavy (non-hydrogen) atoms. The Kier molecular flexibility index (Phi) is 14.6. The molecule has 10 nitrogen and oxygen atoms in total. The predicted molar refractivity (Wildman–Crippen MR) is 140 cm³/mol. The van der Waals surface area contributed by atoms with Gasteiger partial charge in [0.25, 0.3) is 0 Å². The summed E-state index contributed by atoms with van der Waals surface area (Å²) in [5.41, 5.74) is 0.635. The van der Waals surface area contributed by atoms with Crippen molar-refractivity contribution in [1.29, 1.82) is 0 Å². The summed E-state index contributed by atoms with van der Waals surface area (Å²) in [6, 6.07) is 18.4. The maximum Gasteiger partial charge on any atom is 0.332 e. The first-order chi connectivity index (χ1) is 18.8. The van der Waals surface area contributed by atoms with Gasteiger partial charge >= 0.3 is 11.9 Å². The number of hydrogen-bond donors (Lipinski definition) is 0. The van der Waals surface area contributed by atoms with Gasteiger partial charge in [0.15, 0.2) is 11.6 Å². The summed E-state index contributed by atoms with van der Waals surface area (Å²) in [6.07, 6.45) is 0. The molecule has 0 amide bonds. The Hall–Kier alpha value is -3.44. The van der Waals surface area contributed by atoms with Crippen LogP contribution in [0.4, 0.5) is 0 Å². The van der Waals surface area contributed by atoms with Crippen molar-refractivity contribution in [3.63, 3.8) is 0 Å². The average Bonchev–Trinajstić information content (AvgIpc) is 2.91. The number of ether oxygens (including phenoxy) is 6. The number of esters is 2. The number of Topliss-reactive ketones (excluding diaryl/α,β-unsaturated/α-hetero) is 2. The Bertz CT molecular complexity index is 939. The molecule has 0 aliphatic heterocycles. The average molecular weight is 545 g/mol. The van der Waals surface area contributed by atoms with Crippen molar-refractivity contribution in [2.24, 2.45) is 5.41 Å².